The van der Waals surface area contributed by atoms with Gasteiger partial charge in [-0.3, -0.25) is 4.79 Å². The zero-order valence-corrected chi connectivity index (χ0v) is 10.1. The molecule has 0 saturated carbocycles. The largest absolute Gasteiger partial charge is 0.326 e. The van der Waals surface area contributed by atoms with Gasteiger partial charge in [-0.2, -0.15) is 0 Å². The predicted molar refractivity (Wildman–Crippen MR) is 64.5 cm³/mol. The second-order valence-electron chi connectivity index (χ2n) is 3.45. The van der Waals surface area contributed by atoms with Gasteiger partial charge in [0.2, 0.25) is 5.91 Å². The summed E-state index contributed by atoms with van der Waals surface area (Å²) in [6.07, 6.45) is 1.71. The Morgan fingerprint density at radius 3 is 2.47 bits per heavy atom. The van der Waals surface area contributed by atoms with Crippen molar-refractivity contribution in [2.24, 2.45) is 0 Å². The fourth-order valence-electron chi connectivity index (χ4n) is 1.64. The third-order valence-electron chi connectivity index (χ3n) is 2.38. The molecule has 0 atom stereocenters. The van der Waals surface area contributed by atoms with Crippen LogP contribution in [-0.4, -0.2) is 5.91 Å². The highest BCUT2D eigenvalue weighted by molar-refractivity contribution is 6.31. The van der Waals surface area contributed by atoms with Crippen LogP contribution in [0.3, 0.4) is 0 Å². The highest BCUT2D eigenvalue weighted by Crippen LogP contribution is 2.29. The van der Waals surface area contributed by atoms with Gasteiger partial charge in [-0.25, -0.2) is 0 Å². The molecule has 1 rings (SSSR count). The lowest BCUT2D eigenvalue weighted by Crippen LogP contribution is -2.10. The number of carbonyl (C=O) groups excluding carboxylic acids is 1. The van der Waals surface area contributed by atoms with Crippen molar-refractivity contribution in [3.63, 3.8) is 0 Å². The molecule has 1 aromatic carbocycles. The van der Waals surface area contributed by atoms with Crippen LogP contribution in [0.1, 0.15) is 31.9 Å². The van der Waals surface area contributed by atoms with Gasteiger partial charge < -0.3 is 5.32 Å². The Morgan fingerprint density at radius 1 is 1.33 bits per heavy atom. The van der Waals surface area contributed by atoms with E-state index in [0.717, 1.165) is 34.7 Å². The lowest BCUT2D eigenvalue weighted by Gasteiger charge is -2.14. The van der Waals surface area contributed by atoms with Gasteiger partial charge in [-0.15, -0.1) is 0 Å². The number of halogens is 1. The Hall–Kier alpha value is -1.02. The minimum absolute atomic E-state index is 0.0540. The summed E-state index contributed by atoms with van der Waals surface area (Å²) in [4.78, 5) is 11.1. The normalized spacial score (nSPS) is 10.1. The minimum Gasteiger partial charge on any atom is -0.326 e. The fraction of sp³-hybridized carbons (Fsp3) is 0.417. The molecule has 0 aliphatic carbocycles. The van der Waals surface area contributed by atoms with Crippen LogP contribution in [0.4, 0.5) is 5.69 Å². The van der Waals surface area contributed by atoms with E-state index >= 15 is 0 Å². The van der Waals surface area contributed by atoms with Gasteiger partial charge in [0.05, 0.1) is 0 Å². The summed E-state index contributed by atoms with van der Waals surface area (Å²) in [6, 6.07) is 3.86. The van der Waals surface area contributed by atoms with E-state index in [4.69, 9.17) is 11.6 Å². The highest BCUT2D eigenvalue weighted by atomic mass is 35.5. The Balaban J connectivity index is 3.26. The molecule has 1 N–H and O–H groups in total. The van der Waals surface area contributed by atoms with Gasteiger partial charge in [0, 0.05) is 17.6 Å². The van der Waals surface area contributed by atoms with E-state index in [1.54, 1.807) is 0 Å². The SMILES string of the molecule is CCc1ccc(Cl)c(CC)c1NC(C)=O. The topological polar surface area (TPSA) is 29.1 Å². The summed E-state index contributed by atoms with van der Waals surface area (Å²) in [6.45, 7) is 5.61. The maximum absolute atomic E-state index is 11.1. The maximum Gasteiger partial charge on any atom is 0.221 e. The zero-order chi connectivity index (χ0) is 11.4. The van der Waals surface area contributed by atoms with Crippen LogP contribution in [0.5, 0.6) is 0 Å². The molecule has 0 aromatic heterocycles. The highest BCUT2D eigenvalue weighted by Gasteiger charge is 2.10. The Morgan fingerprint density at radius 2 is 2.00 bits per heavy atom. The van der Waals surface area contributed by atoms with E-state index in [0.29, 0.717) is 0 Å². The molecule has 2 nitrogen and oxygen atoms in total. The first-order valence-corrected chi connectivity index (χ1v) is 5.55. The zero-order valence-electron chi connectivity index (χ0n) is 9.36. The standard InChI is InChI=1S/C12H16ClNO/c1-4-9-6-7-11(13)10(5-2)12(9)14-8(3)15/h6-7H,4-5H2,1-3H3,(H,14,15). The molecule has 0 bridgehead atoms. The van der Waals surface area contributed by atoms with Crippen LogP contribution in [0.15, 0.2) is 12.1 Å². The summed E-state index contributed by atoms with van der Waals surface area (Å²) in [5.41, 5.74) is 3.04. The predicted octanol–water partition coefficient (Wildman–Crippen LogP) is 3.42. The Bertz CT molecular complexity index is 374. The average Bonchev–Trinajstić information content (AvgIpc) is 2.18. The number of aryl methyl sites for hydroxylation is 1. The molecule has 82 valence electrons. The van der Waals surface area contributed by atoms with Crippen molar-refractivity contribution in [2.75, 3.05) is 5.32 Å². The third kappa shape index (κ3) is 2.72. The number of rotatable bonds is 3. The van der Waals surface area contributed by atoms with Gasteiger partial charge in [0.15, 0.2) is 0 Å². The van der Waals surface area contributed by atoms with Crippen LogP contribution in [0.2, 0.25) is 5.02 Å². The van der Waals surface area contributed by atoms with Crippen molar-refractivity contribution in [2.45, 2.75) is 33.6 Å². The molecule has 0 spiro atoms. The van der Waals surface area contributed by atoms with Crippen molar-refractivity contribution < 1.29 is 4.79 Å². The molecule has 0 saturated heterocycles. The van der Waals surface area contributed by atoms with Crippen LogP contribution in [0.25, 0.3) is 0 Å². The fourth-order valence-corrected chi connectivity index (χ4v) is 1.93. The summed E-state index contributed by atoms with van der Waals surface area (Å²) in [7, 11) is 0. The van der Waals surface area contributed by atoms with Crippen LogP contribution in [0, 0.1) is 0 Å². The summed E-state index contributed by atoms with van der Waals surface area (Å²) in [5.74, 6) is -0.0540. The molecule has 1 amide bonds. The Labute approximate surface area is 95.6 Å². The minimum atomic E-state index is -0.0540. The molecular weight excluding hydrogens is 210 g/mol. The van der Waals surface area contributed by atoms with Gasteiger partial charge in [-0.1, -0.05) is 31.5 Å². The van der Waals surface area contributed by atoms with Crippen LogP contribution in [-0.2, 0) is 17.6 Å². The second-order valence-corrected chi connectivity index (χ2v) is 3.86. The molecule has 1 aromatic rings. The average molecular weight is 226 g/mol. The molecule has 0 fully saturated rings. The molecule has 0 heterocycles. The lowest BCUT2D eigenvalue weighted by atomic mass is 10.0. The molecule has 3 heteroatoms. The van der Waals surface area contributed by atoms with Gasteiger partial charge in [0.25, 0.3) is 0 Å². The van der Waals surface area contributed by atoms with E-state index < -0.39 is 0 Å². The number of carbonyl (C=O) groups is 1. The molecule has 0 aliphatic rings. The van der Waals surface area contributed by atoms with Crippen molar-refractivity contribution in [1.29, 1.82) is 0 Å². The number of hydrogen-bond donors (Lipinski definition) is 1. The summed E-state index contributed by atoms with van der Waals surface area (Å²) >= 11 is 6.09. The maximum atomic E-state index is 11.1. The number of nitrogens with one attached hydrogen (secondary N) is 1. The number of benzene rings is 1. The monoisotopic (exact) mass is 225 g/mol. The smallest absolute Gasteiger partial charge is 0.221 e. The van der Waals surface area contributed by atoms with Crippen molar-refractivity contribution in [3.8, 4) is 0 Å². The summed E-state index contributed by atoms with van der Waals surface area (Å²) < 4.78 is 0. The molecule has 15 heavy (non-hydrogen) atoms. The first kappa shape index (κ1) is 12.1. The number of amides is 1. The van der Waals surface area contributed by atoms with Gasteiger partial charge in [0.1, 0.15) is 0 Å². The third-order valence-corrected chi connectivity index (χ3v) is 2.73. The van der Waals surface area contributed by atoms with E-state index in [2.05, 4.69) is 12.2 Å². The van der Waals surface area contributed by atoms with E-state index in [9.17, 15) is 4.79 Å². The quantitative estimate of drug-likeness (QED) is 0.839. The first-order valence-electron chi connectivity index (χ1n) is 5.18. The molecule has 0 aliphatic heterocycles. The molecule has 0 radical (unpaired) electrons. The molecule has 0 unspecified atom stereocenters. The summed E-state index contributed by atoms with van der Waals surface area (Å²) in [5, 5.41) is 3.58. The van der Waals surface area contributed by atoms with Crippen molar-refractivity contribution in [3.05, 3.63) is 28.3 Å². The lowest BCUT2D eigenvalue weighted by molar-refractivity contribution is -0.114. The van der Waals surface area contributed by atoms with Crippen LogP contribution < -0.4 is 5.32 Å². The molecular formula is C12H16ClNO. The van der Waals surface area contributed by atoms with Crippen LogP contribution >= 0.6 is 11.6 Å². The van der Waals surface area contributed by atoms with Gasteiger partial charge >= 0.3 is 0 Å². The van der Waals surface area contributed by atoms with E-state index in [-0.39, 0.29) is 5.91 Å². The van der Waals surface area contributed by atoms with E-state index in [1.807, 2.05) is 19.1 Å². The van der Waals surface area contributed by atoms with E-state index in [1.165, 1.54) is 6.92 Å². The number of anilines is 1. The van der Waals surface area contributed by atoms with Crippen molar-refractivity contribution >= 4 is 23.2 Å². The second kappa shape index (κ2) is 5.17. The van der Waals surface area contributed by atoms with Gasteiger partial charge in [-0.05, 0) is 30.0 Å². The van der Waals surface area contributed by atoms with Crippen molar-refractivity contribution in [1.82, 2.24) is 0 Å². The Kier molecular flexibility index (Phi) is 4.15. The first-order chi connectivity index (χ1) is 7.10. The number of hydrogen-bond acceptors (Lipinski definition) is 1.